The lowest BCUT2D eigenvalue weighted by atomic mass is 9.99. The summed E-state index contributed by atoms with van der Waals surface area (Å²) in [7, 11) is 0. The molecule has 0 unspecified atom stereocenters. The van der Waals surface area contributed by atoms with Crippen LogP contribution in [0.1, 0.15) is 32.1 Å². The average molecular weight is 307 g/mol. The summed E-state index contributed by atoms with van der Waals surface area (Å²) in [5.74, 6) is 0.214. The molecule has 0 aromatic carbocycles. The molecule has 2 saturated heterocycles. The van der Waals surface area contributed by atoms with Crippen molar-refractivity contribution < 1.29 is 9.90 Å². The van der Waals surface area contributed by atoms with Gasteiger partial charge in [0.15, 0.2) is 0 Å². The van der Waals surface area contributed by atoms with Gasteiger partial charge in [-0.05, 0) is 32.2 Å². The van der Waals surface area contributed by atoms with Crippen molar-refractivity contribution in [3.63, 3.8) is 0 Å². The standard InChI is InChI=1S/C15H25N5O2/c21-14-2-1-6-20(10-14)13-3-8-19(9-4-13)15(22)5-7-18-11-16-17-12-18/h11-14,21H,1-10H2/t14-/m0/s1. The molecule has 7 nitrogen and oxygen atoms in total. The Morgan fingerprint density at radius 1 is 1.14 bits per heavy atom. The van der Waals surface area contributed by atoms with Gasteiger partial charge in [-0.25, -0.2) is 0 Å². The summed E-state index contributed by atoms with van der Waals surface area (Å²) in [5, 5.41) is 17.3. The molecule has 0 spiro atoms. The molecule has 1 atom stereocenters. The van der Waals surface area contributed by atoms with Crippen molar-refractivity contribution in [1.82, 2.24) is 24.6 Å². The first-order chi connectivity index (χ1) is 10.7. The Morgan fingerprint density at radius 3 is 2.55 bits per heavy atom. The average Bonchev–Trinajstić information content (AvgIpc) is 3.06. The number of aliphatic hydroxyl groups excluding tert-OH is 1. The number of likely N-dealkylation sites (tertiary alicyclic amines) is 2. The van der Waals surface area contributed by atoms with Crippen molar-refractivity contribution in [2.75, 3.05) is 26.2 Å². The highest BCUT2D eigenvalue weighted by Crippen LogP contribution is 2.21. The number of hydrogen-bond donors (Lipinski definition) is 1. The molecule has 2 aliphatic heterocycles. The molecule has 2 fully saturated rings. The Bertz CT molecular complexity index is 470. The molecule has 0 aliphatic carbocycles. The minimum absolute atomic E-state index is 0.169. The maximum Gasteiger partial charge on any atom is 0.224 e. The van der Waals surface area contributed by atoms with Crippen LogP contribution in [0.15, 0.2) is 12.7 Å². The first-order valence-electron chi connectivity index (χ1n) is 8.24. The lowest BCUT2D eigenvalue weighted by molar-refractivity contribution is -0.133. The number of aryl methyl sites for hydroxylation is 1. The molecule has 0 saturated carbocycles. The number of amides is 1. The summed E-state index contributed by atoms with van der Waals surface area (Å²) < 4.78 is 1.83. The van der Waals surface area contributed by atoms with Gasteiger partial charge in [-0.1, -0.05) is 0 Å². The SMILES string of the molecule is O=C(CCn1cnnc1)N1CCC(N2CCC[C@H](O)C2)CC1. The van der Waals surface area contributed by atoms with Crippen LogP contribution in [0.4, 0.5) is 0 Å². The maximum absolute atomic E-state index is 12.2. The highest BCUT2D eigenvalue weighted by Gasteiger charge is 2.29. The zero-order chi connectivity index (χ0) is 15.4. The number of carbonyl (C=O) groups is 1. The molecule has 0 radical (unpaired) electrons. The van der Waals surface area contributed by atoms with Crippen molar-refractivity contribution in [1.29, 1.82) is 0 Å². The molecule has 22 heavy (non-hydrogen) atoms. The Kier molecular flexibility index (Phi) is 5.04. The van der Waals surface area contributed by atoms with E-state index in [2.05, 4.69) is 15.1 Å². The number of nitrogens with zero attached hydrogens (tertiary/aromatic N) is 5. The molecule has 3 heterocycles. The van der Waals surface area contributed by atoms with Crippen molar-refractivity contribution in [2.24, 2.45) is 0 Å². The number of β-amino-alcohol motifs (C(OH)–C–C–N with tert-alkyl or cyclic N) is 1. The van der Waals surface area contributed by atoms with E-state index in [1.807, 2.05) is 9.47 Å². The van der Waals surface area contributed by atoms with Crippen LogP contribution in [0.25, 0.3) is 0 Å². The molecule has 0 bridgehead atoms. The molecule has 7 heteroatoms. The minimum atomic E-state index is -0.169. The predicted molar refractivity (Wildman–Crippen MR) is 81.1 cm³/mol. The number of carbonyl (C=O) groups excluding carboxylic acids is 1. The van der Waals surface area contributed by atoms with E-state index in [0.29, 0.717) is 19.0 Å². The van der Waals surface area contributed by atoms with E-state index in [1.165, 1.54) is 0 Å². The summed E-state index contributed by atoms with van der Waals surface area (Å²) in [6.45, 7) is 4.19. The minimum Gasteiger partial charge on any atom is -0.392 e. The van der Waals surface area contributed by atoms with E-state index in [0.717, 1.165) is 51.9 Å². The lowest BCUT2D eigenvalue weighted by Crippen LogP contribution is -2.50. The van der Waals surface area contributed by atoms with Gasteiger partial charge in [0.1, 0.15) is 12.7 Å². The zero-order valence-electron chi connectivity index (χ0n) is 13.0. The van der Waals surface area contributed by atoms with Gasteiger partial charge >= 0.3 is 0 Å². The number of hydrogen-bond acceptors (Lipinski definition) is 5. The third kappa shape index (κ3) is 3.84. The number of piperidine rings is 2. The second-order valence-electron chi connectivity index (χ2n) is 6.35. The Labute approximate surface area is 130 Å². The van der Waals surface area contributed by atoms with Gasteiger partial charge < -0.3 is 14.6 Å². The van der Waals surface area contributed by atoms with Crippen LogP contribution in [0.2, 0.25) is 0 Å². The highest BCUT2D eigenvalue weighted by atomic mass is 16.3. The fourth-order valence-electron chi connectivity index (χ4n) is 3.52. The summed E-state index contributed by atoms with van der Waals surface area (Å²) >= 11 is 0. The largest absolute Gasteiger partial charge is 0.392 e. The van der Waals surface area contributed by atoms with Crippen LogP contribution in [0.3, 0.4) is 0 Å². The number of rotatable bonds is 4. The van der Waals surface area contributed by atoms with E-state index in [4.69, 9.17) is 0 Å². The van der Waals surface area contributed by atoms with Gasteiger partial charge in [-0.15, -0.1) is 10.2 Å². The topological polar surface area (TPSA) is 74.5 Å². The second-order valence-corrected chi connectivity index (χ2v) is 6.35. The van der Waals surface area contributed by atoms with Crippen molar-refractivity contribution >= 4 is 5.91 Å². The van der Waals surface area contributed by atoms with Crippen LogP contribution in [0, 0.1) is 0 Å². The van der Waals surface area contributed by atoms with Gasteiger partial charge in [0, 0.05) is 38.6 Å². The lowest BCUT2D eigenvalue weighted by Gasteiger charge is -2.41. The van der Waals surface area contributed by atoms with Crippen molar-refractivity contribution in [3.8, 4) is 0 Å². The third-order valence-corrected chi connectivity index (χ3v) is 4.81. The van der Waals surface area contributed by atoms with E-state index < -0.39 is 0 Å². The molecule has 122 valence electrons. The predicted octanol–water partition coefficient (Wildman–Crippen LogP) is 0.116. The normalized spacial score (nSPS) is 24.6. The van der Waals surface area contributed by atoms with Crippen LogP contribution < -0.4 is 0 Å². The number of aliphatic hydroxyl groups is 1. The van der Waals surface area contributed by atoms with Crippen LogP contribution >= 0.6 is 0 Å². The summed E-state index contributed by atoms with van der Waals surface area (Å²) in [6.07, 6.45) is 7.66. The van der Waals surface area contributed by atoms with Crippen molar-refractivity contribution in [3.05, 3.63) is 12.7 Å². The summed E-state index contributed by atoms with van der Waals surface area (Å²) in [4.78, 5) is 16.6. The molecule has 1 N–H and O–H groups in total. The first-order valence-corrected chi connectivity index (χ1v) is 8.24. The first kappa shape index (κ1) is 15.4. The zero-order valence-corrected chi connectivity index (χ0v) is 13.0. The third-order valence-electron chi connectivity index (χ3n) is 4.81. The van der Waals surface area contributed by atoms with Crippen LogP contribution in [0.5, 0.6) is 0 Å². The van der Waals surface area contributed by atoms with E-state index >= 15 is 0 Å². The smallest absolute Gasteiger partial charge is 0.224 e. The number of aromatic nitrogens is 3. The maximum atomic E-state index is 12.2. The van der Waals surface area contributed by atoms with Gasteiger partial charge in [-0.2, -0.15) is 0 Å². The quantitative estimate of drug-likeness (QED) is 0.855. The molecular formula is C15H25N5O2. The second kappa shape index (κ2) is 7.19. The summed E-state index contributed by atoms with van der Waals surface area (Å²) in [6, 6.07) is 0.525. The van der Waals surface area contributed by atoms with E-state index in [1.54, 1.807) is 12.7 Å². The van der Waals surface area contributed by atoms with E-state index in [-0.39, 0.29) is 12.0 Å². The fraction of sp³-hybridized carbons (Fsp3) is 0.800. The van der Waals surface area contributed by atoms with Crippen LogP contribution in [-0.2, 0) is 11.3 Å². The van der Waals surface area contributed by atoms with Crippen molar-refractivity contribution in [2.45, 2.75) is 50.8 Å². The monoisotopic (exact) mass is 307 g/mol. The fourth-order valence-corrected chi connectivity index (χ4v) is 3.52. The highest BCUT2D eigenvalue weighted by molar-refractivity contribution is 5.76. The molecule has 1 aromatic rings. The van der Waals surface area contributed by atoms with E-state index in [9.17, 15) is 9.90 Å². The molecule has 1 amide bonds. The Balaban J connectivity index is 1.42. The Hall–Kier alpha value is -1.47. The summed E-state index contributed by atoms with van der Waals surface area (Å²) in [5.41, 5.74) is 0. The van der Waals surface area contributed by atoms with Gasteiger partial charge in [0.2, 0.25) is 5.91 Å². The van der Waals surface area contributed by atoms with Crippen LogP contribution in [-0.4, -0.2) is 73.9 Å². The van der Waals surface area contributed by atoms with Gasteiger partial charge in [0.25, 0.3) is 0 Å². The Morgan fingerprint density at radius 2 is 1.86 bits per heavy atom. The molecular weight excluding hydrogens is 282 g/mol. The van der Waals surface area contributed by atoms with Gasteiger partial charge in [0.05, 0.1) is 6.10 Å². The molecule has 2 aliphatic rings. The van der Waals surface area contributed by atoms with Gasteiger partial charge in [-0.3, -0.25) is 9.69 Å². The molecule has 1 aromatic heterocycles. The molecule has 3 rings (SSSR count).